The number of nitrogens with one attached hydrogen (secondary N) is 1. The van der Waals surface area contributed by atoms with E-state index < -0.39 is 0 Å². The van der Waals surface area contributed by atoms with E-state index in [9.17, 15) is 0 Å². The van der Waals surface area contributed by atoms with Crippen molar-refractivity contribution in [2.24, 2.45) is 0 Å². The summed E-state index contributed by atoms with van der Waals surface area (Å²) >= 11 is 0. The third-order valence-corrected chi connectivity index (χ3v) is 3.14. The Hall–Kier alpha value is -0.930. The molecule has 1 saturated heterocycles. The standard InChI is InChI=1S/C14H23N3/c1-12(2)15-10-13-6-5-7-14(16-13)11-17-8-3-4-9-17/h5-7,12,15H,3-4,8-11H2,1-2H3. The van der Waals surface area contributed by atoms with E-state index in [0.717, 1.165) is 18.8 Å². The average Bonchev–Trinajstić information content (AvgIpc) is 2.80. The molecule has 0 aliphatic carbocycles. The Kier molecular flexibility index (Phi) is 4.51. The summed E-state index contributed by atoms with van der Waals surface area (Å²) in [6.45, 7) is 8.66. The van der Waals surface area contributed by atoms with E-state index >= 15 is 0 Å². The molecule has 94 valence electrons. The fourth-order valence-electron chi connectivity index (χ4n) is 2.19. The average molecular weight is 233 g/mol. The topological polar surface area (TPSA) is 28.2 Å². The zero-order valence-electron chi connectivity index (χ0n) is 10.9. The van der Waals surface area contributed by atoms with Gasteiger partial charge in [0.05, 0.1) is 11.4 Å². The molecule has 1 aromatic heterocycles. The fraction of sp³-hybridized carbons (Fsp3) is 0.643. The van der Waals surface area contributed by atoms with Crippen molar-refractivity contribution in [3.8, 4) is 0 Å². The van der Waals surface area contributed by atoms with Crippen molar-refractivity contribution < 1.29 is 0 Å². The van der Waals surface area contributed by atoms with Gasteiger partial charge in [-0.1, -0.05) is 19.9 Å². The maximum Gasteiger partial charge on any atom is 0.0547 e. The van der Waals surface area contributed by atoms with E-state index in [4.69, 9.17) is 4.98 Å². The highest BCUT2D eigenvalue weighted by Gasteiger charge is 2.12. The second-order valence-corrected chi connectivity index (χ2v) is 5.14. The first kappa shape index (κ1) is 12.5. The summed E-state index contributed by atoms with van der Waals surface area (Å²) in [7, 11) is 0. The SMILES string of the molecule is CC(C)NCc1cccc(CN2CCCC2)n1. The molecule has 0 atom stereocenters. The predicted octanol–water partition coefficient (Wildman–Crippen LogP) is 2.18. The van der Waals surface area contributed by atoms with Crippen LogP contribution in [-0.2, 0) is 13.1 Å². The lowest BCUT2D eigenvalue weighted by Crippen LogP contribution is -2.23. The van der Waals surface area contributed by atoms with Crippen LogP contribution in [0.25, 0.3) is 0 Å². The lowest BCUT2D eigenvalue weighted by atomic mass is 10.2. The molecule has 2 heterocycles. The van der Waals surface area contributed by atoms with Crippen LogP contribution >= 0.6 is 0 Å². The monoisotopic (exact) mass is 233 g/mol. The molecular formula is C14H23N3. The van der Waals surface area contributed by atoms with Crippen LogP contribution in [0.3, 0.4) is 0 Å². The minimum atomic E-state index is 0.513. The Balaban J connectivity index is 1.91. The summed E-state index contributed by atoms with van der Waals surface area (Å²) in [5, 5.41) is 3.41. The number of hydrogen-bond donors (Lipinski definition) is 1. The van der Waals surface area contributed by atoms with Crippen molar-refractivity contribution in [3.63, 3.8) is 0 Å². The fourth-order valence-corrected chi connectivity index (χ4v) is 2.19. The number of nitrogens with zero attached hydrogens (tertiary/aromatic N) is 2. The number of aromatic nitrogens is 1. The molecule has 3 heteroatoms. The first-order valence-corrected chi connectivity index (χ1v) is 6.64. The Morgan fingerprint density at radius 1 is 1.24 bits per heavy atom. The van der Waals surface area contributed by atoms with Crippen LogP contribution in [0.5, 0.6) is 0 Å². The predicted molar refractivity (Wildman–Crippen MR) is 70.7 cm³/mol. The second-order valence-electron chi connectivity index (χ2n) is 5.14. The quantitative estimate of drug-likeness (QED) is 0.845. The summed E-state index contributed by atoms with van der Waals surface area (Å²) in [5.41, 5.74) is 2.35. The van der Waals surface area contributed by atoms with Gasteiger partial charge in [0.2, 0.25) is 0 Å². The van der Waals surface area contributed by atoms with Gasteiger partial charge >= 0.3 is 0 Å². The number of pyridine rings is 1. The molecule has 1 aliphatic rings. The zero-order chi connectivity index (χ0) is 12.1. The molecule has 0 unspecified atom stereocenters. The van der Waals surface area contributed by atoms with Crippen molar-refractivity contribution in [2.75, 3.05) is 13.1 Å². The number of likely N-dealkylation sites (tertiary alicyclic amines) is 1. The number of rotatable bonds is 5. The molecule has 0 bridgehead atoms. The molecule has 3 nitrogen and oxygen atoms in total. The molecule has 17 heavy (non-hydrogen) atoms. The molecule has 1 N–H and O–H groups in total. The van der Waals surface area contributed by atoms with Crippen LogP contribution in [0.15, 0.2) is 18.2 Å². The van der Waals surface area contributed by atoms with Crippen molar-refractivity contribution in [3.05, 3.63) is 29.6 Å². The first-order valence-electron chi connectivity index (χ1n) is 6.64. The summed E-state index contributed by atoms with van der Waals surface area (Å²) in [6, 6.07) is 6.87. The highest BCUT2D eigenvalue weighted by Crippen LogP contribution is 2.11. The molecule has 0 spiro atoms. The minimum Gasteiger partial charge on any atom is -0.309 e. The number of hydrogen-bond acceptors (Lipinski definition) is 3. The van der Waals surface area contributed by atoms with Crippen LogP contribution in [0.1, 0.15) is 38.1 Å². The first-order chi connectivity index (χ1) is 8.24. The van der Waals surface area contributed by atoms with E-state index in [1.54, 1.807) is 0 Å². The molecule has 0 aromatic carbocycles. The van der Waals surface area contributed by atoms with Gasteiger partial charge in [-0.2, -0.15) is 0 Å². The lowest BCUT2D eigenvalue weighted by Gasteiger charge is -2.14. The Morgan fingerprint density at radius 3 is 2.65 bits per heavy atom. The Bertz CT molecular complexity index is 343. The minimum absolute atomic E-state index is 0.513. The normalized spacial score (nSPS) is 16.9. The third-order valence-electron chi connectivity index (χ3n) is 3.14. The largest absolute Gasteiger partial charge is 0.309 e. The Morgan fingerprint density at radius 2 is 1.94 bits per heavy atom. The molecule has 1 fully saturated rings. The van der Waals surface area contributed by atoms with Crippen LogP contribution in [0, 0.1) is 0 Å². The molecule has 0 radical (unpaired) electrons. The van der Waals surface area contributed by atoms with Gasteiger partial charge in [0.25, 0.3) is 0 Å². The Labute approximate surface area is 104 Å². The van der Waals surface area contributed by atoms with Crippen LogP contribution in [0.4, 0.5) is 0 Å². The van der Waals surface area contributed by atoms with Crippen molar-refractivity contribution in [1.82, 2.24) is 15.2 Å². The van der Waals surface area contributed by atoms with Gasteiger partial charge in [-0.15, -0.1) is 0 Å². The zero-order valence-corrected chi connectivity index (χ0v) is 10.9. The van der Waals surface area contributed by atoms with Gasteiger partial charge in [0.1, 0.15) is 0 Å². The van der Waals surface area contributed by atoms with Gasteiger partial charge in [-0.25, -0.2) is 0 Å². The van der Waals surface area contributed by atoms with Gasteiger partial charge < -0.3 is 5.32 Å². The van der Waals surface area contributed by atoms with Crippen molar-refractivity contribution in [1.29, 1.82) is 0 Å². The van der Waals surface area contributed by atoms with Crippen LogP contribution in [0.2, 0.25) is 0 Å². The van der Waals surface area contributed by atoms with Crippen molar-refractivity contribution in [2.45, 2.75) is 45.8 Å². The van der Waals surface area contributed by atoms with Crippen molar-refractivity contribution >= 4 is 0 Å². The molecule has 1 aromatic rings. The van der Waals surface area contributed by atoms with Gasteiger partial charge in [-0.3, -0.25) is 9.88 Å². The van der Waals surface area contributed by atoms with Crippen LogP contribution < -0.4 is 5.32 Å². The highest BCUT2D eigenvalue weighted by atomic mass is 15.1. The maximum absolute atomic E-state index is 4.70. The molecule has 1 aliphatic heterocycles. The molecule has 0 saturated carbocycles. The van der Waals surface area contributed by atoms with Gasteiger partial charge in [-0.05, 0) is 38.1 Å². The molecular weight excluding hydrogens is 210 g/mol. The summed E-state index contributed by atoms with van der Waals surface area (Å²) in [5.74, 6) is 0. The van der Waals surface area contributed by atoms with E-state index in [-0.39, 0.29) is 0 Å². The van der Waals surface area contributed by atoms with E-state index in [2.05, 4.69) is 42.3 Å². The smallest absolute Gasteiger partial charge is 0.0547 e. The highest BCUT2D eigenvalue weighted by molar-refractivity contribution is 5.11. The molecule has 2 rings (SSSR count). The molecule has 0 amide bonds. The summed E-state index contributed by atoms with van der Waals surface area (Å²) in [4.78, 5) is 7.19. The van der Waals surface area contributed by atoms with E-state index in [0.29, 0.717) is 6.04 Å². The second kappa shape index (κ2) is 6.12. The van der Waals surface area contributed by atoms with Crippen LogP contribution in [-0.4, -0.2) is 29.0 Å². The summed E-state index contributed by atoms with van der Waals surface area (Å²) < 4.78 is 0. The summed E-state index contributed by atoms with van der Waals surface area (Å²) in [6.07, 6.45) is 2.68. The maximum atomic E-state index is 4.70. The van der Waals surface area contributed by atoms with Gasteiger partial charge in [0.15, 0.2) is 0 Å². The van der Waals surface area contributed by atoms with E-state index in [1.165, 1.54) is 31.6 Å². The van der Waals surface area contributed by atoms with Gasteiger partial charge in [0, 0.05) is 19.1 Å². The lowest BCUT2D eigenvalue weighted by molar-refractivity contribution is 0.327. The third kappa shape index (κ3) is 4.10. The van der Waals surface area contributed by atoms with E-state index in [1.807, 2.05) is 0 Å².